The number of aromatic nitrogens is 2. The fourth-order valence-electron chi connectivity index (χ4n) is 3.67. The number of ether oxygens (including phenoxy) is 5. The zero-order valence-electron chi connectivity index (χ0n) is 24.0. The Morgan fingerprint density at radius 3 is 1.98 bits per heavy atom. The number of aromatic amines is 1. The first-order valence-electron chi connectivity index (χ1n) is 12.7. The van der Waals surface area contributed by atoms with Crippen LogP contribution in [0.2, 0.25) is 0 Å². The number of phosphoric ester groups is 1. The summed E-state index contributed by atoms with van der Waals surface area (Å²) in [5, 5.41) is 21.9. The number of rotatable bonds is 13. The van der Waals surface area contributed by atoms with Crippen LogP contribution in [0.5, 0.6) is 0 Å². The lowest BCUT2D eigenvalue weighted by Gasteiger charge is -2.32. The minimum atomic E-state index is -5.02. The van der Waals surface area contributed by atoms with Gasteiger partial charge in [0.25, 0.3) is 5.56 Å². The summed E-state index contributed by atoms with van der Waals surface area (Å²) in [5.41, 5.74) is -6.68. The van der Waals surface area contributed by atoms with Crippen molar-refractivity contribution in [1.29, 1.82) is 0 Å². The first-order chi connectivity index (χ1) is 19.3. The van der Waals surface area contributed by atoms with Gasteiger partial charge in [0.2, 0.25) is 12.6 Å². The normalized spacial score (nSPS) is 26.9. The highest BCUT2D eigenvalue weighted by Gasteiger charge is 2.63. The smallest absolute Gasteiger partial charge is 0.432 e. The predicted molar refractivity (Wildman–Crippen MR) is 137 cm³/mol. The van der Waals surface area contributed by atoms with Gasteiger partial charge in [-0.05, 0) is 48.5 Å². The summed E-state index contributed by atoms with van der Waals surface area (Å²) in [6, 6.07) is 0.923. The molecule has 1 aliphatic rings. The quantitative estimate of drug-likeness (QED) is 0.161. The molecule has 1 saturated heterocycles. The molecular weight excluding hydrogens is 594 g/mol. The van der Waals surface area contributed by atoms with E-state index in [-0.39, 0.29) is 0 Å². The van der Waals surface area contributed by atoms with Gasteiger partial charge in [-0.15, -0.1) is 0 Å². The lowest BCUT2D eigenvalue weighted by Crippen LogP contribution is -2.53. The second-order valence-corrected chi connectivity index (χ2v) is 11.5. The van der Waals surface area contributed by atoms with Crippen LogP contribution >= 0.6 is 7.82 Å². The molecule has 0 saturated carbocycles. The molecule has 1 aliphatic heterocycles. The van der Waals surface area contributed by atoms with Gasteiger partial charge in [-0.3, -0.25) is 18.9 Å². The van der Waals surface area contributed by atoms with Crippen LogP contribution in [0.1, 0.15) is 54.7 Å². The molecule has 42 heavy (non-hydrogen) atoms. The molecule has 6 atom stereocenters. The van der Waals surface area contributed by atoms with Crippen molar-refractivity contribution in [2.24, 2.45) is 0 Å². The van der Waals surface area contributed by atoms with Crippen molar-refractivity contribution in [2.75, 3.05) is 13.3 Å². The Morgan fingerprint density at radius 1 is 1.05 bits per heavy atom. The van der Waals surface area contributed by atoms with Gasteiger partial charge < -0.3 is 33.9 Å². The number of aliphatic hydroxyl groups excluding tert-OH is 1. The van der Waals surface area contributed by atoms with Crippen molar-refractivity contribution in [3.05, 3.63) is 33.1 Å². The number of nitrogens with zero attached hydrogens (tertiary/aromatic N) is 1. The summed E-state index contributed by atoms with van der Waals surface area (Å²) in [4.78, 5) is 49.4. The van der Waals surface area contributed by atoms with Crippen molar-refractivity contribution in [1.82, 2.24) is 9.55 Å². The highest BCUT2D eigenvalue weighted by Crippen LogP contribution is 2.54. The lowest BCUT2D eigenvalue weighted by atomic mass is 9.88. The highest BCUT2D eigenvalue weighted by molar-refractivity contribution is 7.48. The Morgan fingerprint density at radius 2 is 1.55 bits per heavy atom. The Hall–Kier alpha value is -2.86. The zero-order chi connectivity index (χ0) is 32.0. The number of H-pyrrole nitrogens is 1. The number of carbonyl (C=O) groups excluding carboxylic acids is 2. The van der Waals surface area contributed by atoms with E-state index in [0.29, 0.717) is 4.57 Å². The van der Waals surface area contributed by atoms with Gasteiger partial charge in [0.05, 0.1) is 18.8 Å². The number of nitrogens with one attached hydrogen (secondary N) is 1. The molecule has 240 valence electrons. The van der Waals surface area contributed by atoms with Gasteiger partial charge in [0.1, 0.15) is 18.4 Å². The average molecular weight is 631 g/mol. The van der Waals surface area contributed by atoms with E-state index < -0.39 is 93.0 Å². The molecule has 2 heterocycles. The topological polar surface area (TPSA) is 220 Å². The minimum Gasteiger partial charge on any atom is -0.432 e. The molecule has 3 N–H and O–H groups in total. The molecule has 0 amide bonds. The van der Waals surface area contributed by atoms with E-state index in [0.717, 1.165) is 33.0 Å². The van der Waals surface area contributed by atoms with Gasteiger partial charge in [0.15, 0.2) is 11.8 Å². The van der Waals surface area contributed by atoms with Crippen molar-refractivity contribution < 1.29 is 66.0 Å². The SMILES string of the molecule is CC(C)OC(=O)OC(C)OP(=O)(OC[C@@]1(CF)O[C@@H](n2ccc(=O)[nH]c2=O)[C@](C)(O)[C@@H]1O)OC(C)OC(=O)OC(C)C. The molecule has 0 aliphatic carbocycles. The molecule has 1 aromatic heterocycles. The van der Waals surface area contributed by atoms with Crippen molar-refractivity contribution in [3.63, 3.8) is 0 Å². The molecule has 0 aromatic carbocycles. The molecule has 19 heteroatoms. The summed E-state index contributed by atoms with van der Waals surface area (Å²) in [6.45, 7) is 6.65. The number of carbonyl (C=O) groups is 2. The van der Waals surface area contributed by atoms with Crippen molar-refractivity contribution >= 4 is 20.1 Å². The van der Waals surface area contributed by atoms with Crippen LogP contribution in [0.4, 0.5) is 14.0 Å². The second kappa shape index (κ2) is 14.1. The maximum Gasteiger partial charge on any atom is 0.510 e. The monoisotopic (exact) mass is 630 g/mol. The summed E-state index contributed by atoms with van der Waals surface area (Å²) >= 11 is 0. The van der Waals surface area contributed by atoms with Crippen molar-refractivity contribution in [3.8, 4) is 0 Å². The standard InChI is InChI=1S/C23H36FN2O15P/c1-12(2)35-20(30)37-14(5)40-42(33,41-15(6)38-21(31)36-13(3)4)34-11-23(10-24)17(28)22(7,32)18(39-23)26-9-8-16(27)25-19(26)29/h8-9,12-15,17-18,28,32H,10-11H2,1-7H3,(H,25,27,29)/t14?,15?,17-,18+,22+,23+,42?/m0/s1. The van der Waals surface area contributed by atoms with Gasteiger partial charge in [-0.2, -0.15) is 0 Å². The van der Waals surface area contributed by atoms with E-state index in [1.807, 2.05) is 4.98 Å². The highest BCUT2D eigenvalue weighted by atomic mass is 31.2. The van der Waals surface area contributed by atoms with Crippen LogP contribution in [0, 0.1) is 0 Å². The third-order valence-corrected chi connectivity index (χ3v) is 6.99. The van der Waals surface area contributed by atoms with E-state index in [1.54, 1.807) is 0 Å². The molecule has 2 rings (SSSR count). The predicted octanol–water partition coefficient (Wildman–Crippen LogP) is 1.86. The average Bonchev–Trinajstić information content (AvgIpc) is 3.02. The first-order valence-corrected chi connectivity index (χ1v) is 14.1. The Bertz CT molecular complexity index is 1210. The van der Waals surface area contributed by atoms with E-state index in [1.165, 1.54) is 27.7 Å². The molecular formula is C23H36FN2O15P. The Labute approximate surface area is 239 Å². The molecule has 1 aromatic rings. The number of phosphoric acid groups is 1. The van der Waals surface area contributed by atoms with Crippen LogP contribution in [-0.2, 0) is 41.8 Å². The Balaban J connectivity index is 2.33. The number of halogens is 1. The summed E-state index contributed by atoms with van der Waals surface area (Å²) in [6.07, 6.45) is -9.88. The minimum absolute atomic E-state index is 0.578. The fraction of sp³-hybridized carbons (Fsp3) is 0.739. The summed E-state index contributed by atoms with van der Waals surface area (Å²) in [7, 11) is -5.02. The van der Waals surface area contributed by atoms with E-state index in [4.69, 9.17) is 37.3 Å². The number of alkyl halides is 1. The van der Waals surface area contributed by atoms with Crippen LogP contribution in [0.3, 0.4) is 0 Å². The number of aliphatic hydroxyl groups is 2. The Kier molecular flexibility index (Phi) is 11.8. The first kappa shape index (κ1) is 35.3. The van der Waals surface area contributed by atoms with E-state index in [2.05, 4.69) is 0 Å². The van der Waals surface area contributed by atoms with Gasteiger partial charge >= 0.3 is 25.8 Å². The van der Waals surface area contributed by atoms with E-state index in [9.17, 15) is 38.3 Å². The number of hydrogen-bond acceptors (Lipinski definition) is 15. The summed E-state index contributed by atoms with van der Waals surface area (Å²) in [5.74, 6) is 0. The molecule has 0 radical (unpaired) electrons. The van der Waals surface area contributed by atoms with E-state index >= 15 is 0 Å². The van der Waals surface area contributed by atoms with Crippen molar-refractivity contribution in [2.45, 2.75) is 96.8 Å². The van der Waals surface area contributed by atoms with Gasteiger partial charge in [-0.1, -0.05) is 0 Å². The van der Waals surface area contributed by atoms with Gasteiger partial charge in [-0.25, -0.2) is 32.4 Å². The molecule has 1 fully saturated rings. The number of hydrogen-bond donors (Lipinski definition) is 3. The third-order valence-electron chi connectivity index (χ3n) is 5.44. The second-order valence-electron chi connectivity index (χ2n) is 9.95. The summed E-state index contributed by atoms with van der Waals surface area (Å²) < 4.78 is 69.2. The molecule has 2 unspecified atom stereocenters. The fourth-order valence-corrected chi connectivity index (χ4v) is 5.03. The van der Waals surface area contributed by atoms with Crippen LogP contribution in [0.25, 0.3) is 0 Å². The largest absolute Gasteiger partial charge is 0.510 e. The van der Waals surface area contributed by atoms with Crippen LogP contribution in [-0.4, -0.2) is 87.5 Å². The molecule has 0 bridgehead atoms. The molecule has 0 spiro atoms. The van der Waals surface area contributed by atoms with Crippen LogP contribution in [0.15, 0.2) is 21.9 Å². The maximum absolute atomic E-state index is 14.5. The third kappa shape index (κ3) is 9.07. The molecule has 17 nitrogen and oxygen atoms in total. The van der Waals surface area contributed by atoms with Gasteiger partial charge in [0, 0.05) is 12.3 Å². The maximum atomic E-state index is 14.5. The zero-order valence-corrected chi connectivity index (χ0v) is 24.9. The lowest BCUT2D eigenvalue weighted by molar-refractivity contribution is -0.148. The van der Waals surface area contributed by atoms with Crippen LogP contribution < -0.4 is 11.2 Å².